The molecule has 1 aromatic carbocycles. The summed E-state index contributed by atoms with van der Waals surface area (Å²) >= 11 is 1.20. The Morgan fingerprint density at radius 3 is 2.82 bits per heavy atom. The molecule has 1 aromatic heterocycles. The number of Topliss-reactive ketones (excluding diaryl/α,β-unsaturated/α-hetero) is 1. The van der Waals surface area contributed by atoms with Gasteiger partial charge in [-0.25, -0.2) is 0 Å². The van der Waals surface area contributed by atoms with Crippen LogP contribution in [0.25, 0.3) is 0 Å². The molecule has 2 amide bonds. The van der Waals surface area contributed by atoms with Crippen LogP contribution in [0.15, 0.2) is 35.7 Å². The van der Waals surface area contributed by atoms with Crippen LogP contribution in [0.2, 0.25) is 0 Å². The fourth-order valence-electron chi connectivity index (χ4n) is 2.67. The number of benzene rings is 1. The van der Waals surface area contributed by atoms with E-state index in [1.54, 1.807) is 35.7 Å². The van der Waals surface area contributed by atoms with Crippen molar-refractivity contribution in [3.05, 3.63) is 57.8 Å². The molecule has 22 heavy (non-hydrogen) atoms. The van der Waals surface area contributed by atoms with Crippen LogP contribution >= 0.6 is 11.3 Å². The predicted molar refractivity (Wildman–Crippen MR) is 81.3 cm³/mol. The van der Waals surface area contributed by atoms with Crippen LogP contribution in [0, 0.1) is 6.07 Å². The Balaban J connectivity index is 1.95. The number of ketones is 1. The van der Waals surface area contributed by atoms with Crippen molar-refractivity contribution in [3.8, 4) is 0 Å². The van der Waals surface area contributed by atoms with Crippen LogP contribution in [-0.4, -0.2) is 29.0 Å². The molecule has 1 atom stereocenters. The first-order valence-corrected chi connectivity index (χ1v) is 7.64. The van der Waals surface area contributed by atoms with Crippen LogP contribution in [0.3, 0.4) is 0 Å². The summed E-state index contributed by atoms with van der Waals surface area (Å²) in [6.07, 6.45) is 0.569. The minimum atomic E-state index is -0.908. The normalized spacial score (nSPS) is 16.9. The van der Waals surface area contributed by atoms with Gasteiger partial charge in [0.1, 0.15) is 6.04 Å². The largest absolute Gasteiger partial charge is 0.368 e. The van der Waals surface area contributed by atoms with Gasteiger partial charge in [-0.15, -0.1) is 11.3 Å². The van der Waals surface area contributed by atoms with Crippen molar-refractivity contribution in [1.82, 2.24) is 4.90 Å². The van der Waals surface area contributed by atoms with Crippen molar-refractivity contribution in [3.63, 3.8) is 0 Å². The average molecular weight is 313 g/mol. The molecule has 0 saturated carbocycles. The van der Waals surface area contributed by atoms with Gasteiger partial charge in [-0.2, -0.15) is 0 Å². The molecule has 0 aliphatic carbocycles. The molecule has 1 unspecified atom stereocenters. The zero-order valence-electron chi connectivity index (χ0n) is 11.6. The van der Waals surface area contributed by atoms with Crippen LogP contribution in [0.5, 0.6) is 0 Å². The van der Waals surface area contributed by atoms with Crippen LogP contribution < -0.4 is 5.73 Å². The molecule has 6 heteroatoms. The lowest BCUT2D eigenvalue weighted by molar-refractivity contribution is -0.136. The fraction of sp³-hybridized carbons (Fsp3) is 0.188. The maximum atomic E-state index is 12.5. The number of carbonyl (C=O) groups excluding carboxylic acids is 3. The first-order valence-electron chi connectivity index (χ1n) is 6.76. The molecule has 2 heterocycles. The summed E-state index contributed by atoms with van der Waals surface area (Å²) in [5.74, 6) is -1.93. The fourth-order valence-corrected chi connectivity index (χ4v) is 3.32. The lowest BCUT2D eigenvalue weighted by Crippen LogP contribution is -2.48. The monoisotopic (exact) mass is 313 g/mol. The van der Waals surface area contributed by atoms with E-state index in [2.05, 4.69) is 6.07 Å². The molecular weight excluding hydrogens is 300 g/mol. The lowest BCUT2D eigenvalue weighted by atomic mass is 9.92. The number of amides is 2. The second-order valence-corrected chi connectivity index (χ2v) is 5.93. The van der Waals surface area contributed by atoms with Crippen molar-refractivity contribution in [2.45, 2.75) is 12.5 Å². The Hall–Kier alpha value is -2.47. The minimum Gasteiger partial charge on any atom is -0.368 e. The number of nitrogens with zero attached hydrogens (tertiary/aromatic N) is 1. The average Bonchev–Trinajstić information content (AvgIpc) is 3.06. The van der Waals surface area contributed by atoms with E-state index >= 15 is 0 Å². The first kappa shape index (κ1) is 14.5. The third-order valence-corrected chi connectivity index (χ3v) is 4.55. The van der Waals surface area contributed by atoms with Crippen LogP contribution in [0.4, 0.5) is 0 Å². The first-order chi connectivity index (χ1) is 10.6. The number of thiophene rings is 1. The van der Waals surface area contributed by atoms with E-state index in [1.165, 1.54) is 16.2 Å². The van der Waals surface area contributed by atoms with Crippen molar-refractivity contribution < 1.29 is 14.4 Å². The molecule has 2 aromatic rings. The molecule has 2 N–H and O–H groups in total. The predicted octanol–water partition coefficient (Wildman–Crippen LogP) is 1.34. The van der Waals surface area contributed by atoms with E-state index in [0.717, 1.165) is 5.56 Å². The smallest absolute Gasteiger partial charge is 0.296 e. The van der Waals surface area contributed by atoms with Gasteiger partial charge in [-0.05, 0) is 35.1 Å². The summed E-state index contributed by atoms with van der Waals surface area (Å²) in [4.78, 5) is 38.2. The maximum Gasteiger partial charge on any atom is 0.296 e. The molecule has 3 rings (SSSR count). The molecule has 1 aliphatic heterocycles. The Morgan fingerprint density at radius 2 is 2.14 bits per heavy atom. The van der Waals surface area contributed by atoms with Crippen LogP contribution in [0.1, 0.15) is 26.8 Å². The van der Waals surface area contributed by atoms with Crippen molar-refractivity contribution in [2.24, 2.45) is 5.73 Å². The molecule has 111 valence electrons. The standard InChI is InChI=1S/C16H13N2O3S/c17-15(20)13-11-5-2-1-4-10(11)7-8-18(13)16(21)14(19)12-6-3-9-22-12/h2-6,9,13H,7-8H2,(H2,17,20). The number of fused-ring (bicyclic) bond motifs is 1. The van der Waals surface area contributed by atoms with E-state index < -0.39 is 23.6 Å². The van der Waals surface area contributed by atoms with E-state index in [4.69, 9.17) is 5.73 Å². The number of rotatable bonds is 3. The van der Waals surface area contributed by atoms with E-state index in [-0.39, 0.29) is 6.54 Å². The van der Waals surface area contributed by atoms with Crippen molar-refractivity contribution in [2.75, 3.05) is 6.54 Å². The number of nitrogens with two attached hydrogens (primary N) is 1. The highest BCUT2D eigenvalue weighted by molar-refractivity contribution is 7.13. The van der Waals surface area contributed by atoms with E-state index in [0.29, 0.717) is 16.9 Å². The second kappa shape index (κ2) is 5.73. The maximum absolute atomic E-state index is 12.5. The highest BCUT2D eigenvalue weighted by atomic mass is 32.1. The molecule has 1 radical (unpaired) electrons. The summed E-state index contributed by atoms with van der Waals surface area (Å²) in [6.45, 7) is 0.286. The number of hydrogen-bond donors (Lipinski definition) is 1. The quantitative estimate of drug-likeness (QED) is 0.686. The van der Waals surface area contributed by atoms with Gasteiger partial charge < -0.3 is 10.6 Å². The number of primary amides is 1. The minimum absolute atomic E-state index is 0.286. The van der Waals surface area contributed by atoms with Crippen molar-refractivity contribution in [1.29, 1.82) is 0 Å². The van der Waals surface area contributed by atoms with E-state index in [9.17, 15) is 14.4 Å². The van der Waals surface area contributed by atoms with Gasteiger partial charge in [-0.1, -0.05) is 24.3 Å². The third-order valence-electron chi connectivity index (χ3n) is 3.69. The summed E-state index contributed by atoms with van der Waals surface area (Å²) in [6, 6.07) is 10.5. The van der Waals surface area contributed by atoms with Gasteiger partial charge in [0.15, 0.2) is 0 Å². The molecule has 5 nitrogen and oxygen atoms in total. The zero-order chi connectivity index (χ0) is 15.7. The number of hydrogen-bond acceptors (Lipinski definition) is 4. The molecule has 1 aliphatic rings. The Labute approximate surface area is 131 Å². The molecule has 0 bridgehead atoms. The highest BCUT2D eigenvalue weighted by Gasteiger charge is 2.37. The summed E-state index contributed by atoms with van der Waals surface area (Å²) in [7, 11) is 0. The highest BCUT2D eigenvalue weighted by Crippen LogP contribution is 2.30. The molecular formula is C16H13N2O3S. The lowest BCUT2D eigenvalue weighted by Gasteiger charge is -2.34. The molecule has 0 fully saturated rings. The van der Waals surface area contributed by atoms with Gasteiger partial charge in [-0.3, -0.25) is 14.4 Å². The van der Waals surface area contributed by atoms with Gasteiger partial charge in [0.25, 0.3) is 11.7 Å². The van der Waals surface area contributed by atoms with Crippen molar-refractivity contribution >= 4 is 28.9 Å². The van der Waals surface area contributed by atoms with Gasteiger partial charge in [0.2, 0.25) is 5.91 Å². The van der Waals surface area contributed by atoms with Gasteiger partial charge >= 0.3 is 0 Å². The topological polar surface area (TPSA) is 80.5 Å². The third kappa shape index (κ3) is 2.42. The second-order valence-electron chi connectivity index (χ2n) is 4.98. The van der Waals surface area contributed by atoms with Gasteiger partial charge in [0.05, 0.1) is 4.88 Å². The Bertz CT molecular complexity index is 740. The zero-order valence-corrected chi connectivity index (χ0v) is 12.4. The molecule has 0 spiro atoms. The van der Waals surface area contributed by atoms with Gasteiger partial charge in [0, 0.05) is 6.54 Å². The Kier molecular flexibility index (Phi) is 3.77. The van der Waals surface area contributed by atoms with Crippen LogP contribution in [-0.2, 0) is 16.0 Å². The number of carbonyl (C=O) groups is 3. The summed E-state index contributed by atoms with van der Waals surface area (Å²) in [5.41, 5.74) is 7.08. The molecule has 0 saturated heterocycles. The Morgan fingerprint density at radius 1 is 1.32 bits per heavy atom. The summed E-state index contributed by atoms with van der Waals surface area (Å²) < 4.78 is 0. The SMILES string of the molecule is NC(=O)C1c2cc[c]cc2CCN1C(=O)C(=O)c1cccs1. The summed E-state index contributed by atoms with van der Waals surface area (Å²) in [5, 5.41) is 1.73. The van der Waals surface area contributed by atoms with E-state index in [1.807, 2.05) is 0 Å².